The second-order valence-electron chi connectivity index (χ2n) is 5.99. The summed E-state index contributed by atoms with van der Waals surface area (Å²) in [6, 6.07) is 12.8. The monoisotopic (exact) mass is 417 g/mol. The van der Waals surface area contributed by atoms with Crippen LogP contribution in [0.3, 0.4) is 0 Å². The van der Waals surface area contributed by atoms with Crippen molar-refractivity contribution in [3.63, 3.8) is 0 Å². The first-order valence-electron chi connectivity index (χ1n) is 8.18. The van der Waals surface area contributed by atoms with Crippen molar-refractivity contribution in [3.05, 3.63) is 77.1 Å². The Morgan fingerprint density at radius 3 is 2.46 bits per heavy atom. The Morgan fingerprint density at radius 1 is 1.11 bits per heavy atom. The van der Waals surface area contributed by atoms with Gasteiger partial charge in [-0.05, 0) is 36.3 Å². The van der Waals surface area contributed by atoms with Gasteiger partial charge < -0.3 is 0 Å². The number of hydrogen-bond donors (Lipinski definition) is 1. The summed E-state index contributed by atoms with van der Waals surface area (Å²) in [6.07, 6.45) is 2.97. The lowest BCUT2D eigenvalue weighted by atomic mass is 10.1. The number of benzene rings is 2. The van der Waals surface area contributed by atoms with Crippen LogP contribution >= 0.6 is 11.3 Å². The Bertz CT molecular complexity index is 1110. The molecule has 9 heteroatoms. The summed E-state index contributed by atoms with van der Waals surface area (Å²) >= 11 is 0.764. The van der Waals surface area contributed by atoms with E-state index in [2.05, 4.69) is 15.5 Å². The third-order valence-corrected chi connectivity index (χ3v) is 6.65. The molecule has 1 aromatic heterocycles. The average Bonchev–Trinajstić information content (AvgIpc) is 3.12. The normalized spacial score (nSPS) is 11.6. The highest BCUT2D eigenvalue weighted by atomic mass is 32.2. The molecule has 2 aromatic carbocycles. The maximum Gasteiger partial charge on any atom is 0.250 e. The van der Waals surface area contributed by atoms with Gasteiger partial charge in [0.25, 0.3) is 0 Å². The lowest BCUT2D eigenvalue weighted by Crippen LogP contribution is -2.07. The molecule has 0 bridgehead atoms. The Labute approximate surface area is 165 Å². The quantitative estimate of drug-likeness (QED) is 0.489. The van der Waals surface area contributed by atoms with Gasteiger partial charge in [0.1, 0.15) is 5.82 Å². The third-order valence-electron chi connectivity index (χ3n) is 3.68. The van der Waals surface area contributed by atoms with Crippen molar-refractivity contribution in [1.29, 1.82) is 0 Å². The van der Waals surface area contributed by atoms with Crippen LogP contribution in [0, 0.1) is 12.7 Å². The molecule has 0 saturated heterocycles. The molecule has 1 heterocycles. The Hall–Kier alpha value is -2.91. The predicted octanol–water partition coefficient (Wildman–Crippen LogP) is 3.61. The molecule has 1 N–H and O–H groups in total. The highest BCUT2D eigenvalue weighted by Gasteiger charge is 2.21. The van der Waals surface area contributed by atoms with Crippen molar-refractivity contribution < 1.29 is 17.6 Å². The number of anilines is 1. The van der Waals surface area contributed by atoms with Gasteiger partial charge in [0, 0.05) is 6.08 Å². The van der Waals surface area contributed by atoms with E-state index in [1.807, 2.05) is 31.2 Å². The molecule has 3 rings (SSSR count). The molecule has 0 aliphatic rings. The summed E-state index contributed by atoms with van der Waals surface area (Å²) in [6.45, 7) is 1.97. The molecular weight excluding hydrogens is 401 g/mol. The maximum absolute atomic E-state index is 12.9. The van der Waals surface area contributed by atoms with Gasteiger partial charge in [-0.25, -0.2) is 12.8 Å². The molecule has 0 atom stereocenters. The lowest BCUT2D eigenvalue weighted by molar-refractivity contribution is -0.111. The Morgan fingerprint density at radius 2 is 1.79 bits per heavy atom. The molecule has 0 saturated carbocycles. The maximum atomic E-state index is 12.9. The van der Waals surface area contributed by atoms with Crippen molar-refractivity contribution in [2.24, 2.45) is 0 Å². The molecule has 6 nitrogen and oxygen atoms in total. The fraction of sp³-hybridized carbons (Fsp3) is 0.105. The third kappa shape index (κ3) is 5.30. The summed E-state index contributed by atoms with van der Waals surface area (Å²) in [5.41, 5.74) is 2.41. The number of amides is 1. The molecule has 0 radical (unpaired) electrons. The molecule has 0 spiro atoms. The van der Waals surface area contributed by atoms with Gasteiger partial charge in [-0.1, -0.05) is 53.3 Å². The van der Waals surface area contributed by atoms with E-state index in [4.69, 9.17) is 0 Å². The summed E-state index contributed by atoms with van der Waals surface area (Å²) in [5, 5.41) is 9.93. The van der Waals surface area contributed by atoms with E-state index < -0.39 is 21.6 Å². The van der Waals surface area contributed by atoms with E-state index >= 15 is 0 Å². The van der Waals surface area contributed by atoms with Gasteiger partial charge in [-0.2, -0.15) is 0 Å². The van der Waals surface area contributed by atoms with Crippen LogP contribution in [0.15, 0.2) is 58.9 Å². The van der Waals surface area contributed by atoms with Gasteiger partial charge in [0.15, 0.2) is 0 Å². The van der Waals surface area contributed by atoms with Gasteiger partial charge >= 0.3 is 0 Å². The van der Waals surface area contributed by atoms with Gasteiger partial charge in [0.2, 0.25) is 25.2 Å². The Kier molecular flexibility index (Phi) is 5.96. The molecular formula is C19H16FN3O3S2. The van der Waals surface area contributed by atoms with Crippen molar-refractivity contribution in [3.8, 4) is 0 Å². The summed E-state index contributed by atoms with van der Waals surface area (Å²) in [5.74, 6) is -1.22. The zero-order valence-corrected chi connectivity index (χ0v) is 16.4. The van der Waals surface area contributed by atoms with Crippen molar-refractivity contribution in [1.82, 2.24) is 10.2 Å². The number of hydrogen-bond acceptors (Lipinski definition) is 6. The molecule has 3 aromatic rings. The van der Waals surface area contributed by atoms with E-state index in [9.17, 15) is 17.6 Å². The summed E-state index contributed by atoms with van der Waals surface area (Å²) < 4.78 is 37.6. The smallest absolute Gasteiger partial charge is 0.250 e. The van der Waals surface area contributed by atoms with Crippen LogP contribution in [0.25, 0.3) is 6.08 Å². The molecule has 0 fully saturated rings. The number of aromatic nitrogens is 2. The average molecular weight is 417 g/mol. The number of nitrogens with one attached hydrogen (secondary N) is 1. The van der Waals surface area contributed by atoms with Crippen molar-refractivity contribution in [2.45, 2.75) is 17.0 Å². The minimum atomic E-state index is -3.75. The highest BCUT2D eigenvalue weighted by Crippen LogP contribution is 2.23. The minimum absolute atomic E-state index is 0.0798. The van der Waals surface area contributed by atoms with Gasteiger partial charge in [0.05, 0.1) is 5.75 Å². The molecule has 0 aliphatic heterocycles. The van der Waals surface area contributed by atoms with Crippen LogP contribution < -0.4 is 5.32 Å². The van der Waals surface area contributed by atoms with Gasteiger partial charge in [-0.3, -0.25) is 10.1 Å². The van der Waals surface area contributed by atoms with E-state index in [1.165, 1.54) is 30.3 Å². The number of rotatable bonds is 6. The van der Waals surface area contributed by atoms with Crippen LogP contribution in [-0.2, 0) is 20.4 Å². The van der Waals surface area contributed by atoms with Gasteiger partial charge in [-0.15, -0.1) is 10.2 Å². The molecule has 144 valence electrons. The lowest BCUT2D eigenvalue weighted by Gasteiger charge is -2.00. The minimum Gasteiger partial charge on any atom is -0.297 e. The van der Waals surface area contributed by atoms with Crippen molar-refractivity contribution in [2.75, 3.05) is 5.32 Å². The predicted molar refractivity (Wildman–Crippen MR) is 106 cm³/mol. The van der Waals surface area contributed by atoms with Crippen LogP contribution in [0.2, 0.25) is 0 Å². The Balaban J connectivity index is 1.65. The van der Waals surface area contributed by atoms with E-state index in [0.29, 0.717) is 5.56 Å². The zero-order valence-electron chi connectivity index (χ0n) is 14.8. The van der Waals surface area contributed by atoms with E-state index in [-0.39, 0.29) is 15.2 Å². The number of halogens is 1. The van der Waals surface area contributed by atoms with Crippen LogP contribution in [0.4, 0.5) is 9.52 Å². The second-order valence-corrected chi connectivity index (χ2v) is 9.13. The van der Waals surface area contributed by atoms with E-state index in [1.54, 1.807) is 6.08 Å². The van der Waals surface area contributed by atoms with E-state index in [0.717, 1.165) is 22.5 Å². The van der Waals surface area contributed by atoms with Crippen LogP contribution in [0.5, 0.6) is 0 Å². The van der Waals surface area contributed by atoms with Crippen LogP contribution in [0.1, 0.15) is 16.7 Å². The highest BCUT2D eigenvalue weighted by molar-refractivity contribution is 7.92. The number of aryl methyl sites for hydroxylation is 1. The number of sulfone groups is 1. The second kappa shape index (κ2) is 8.41. The summed E-state index contributed by atoms with van der Waals surface area (Å²) in [4.78, 5) is 12.0. The summed E-state index contributed by atoms with van der Waals surface area (Å²) in [7, 11) is -3.75. The number of carbonyl (C=O) groups is 1. The largest absolute Gasteiger partial charge is 0.297 e. The SMILES string of the molecule is Cc1ccc(/C=C\C(=O)Nc2nnc(S(=O)(=O)Cc3ccc(F)cc3)s2)cc1. The standard InChI is InChI=1S/C19H16FN3O3S2/c1-13-2-4-14(5-3-13)8-11-17(24)21-18-22-23-19(27-18)28(25,26)12-15-6-9-16(20)10-7-15/h2-11H,12H2,1H3,(H,21,22,24)/b11-8-. The van der Waals surface area contributed by atoms with Crippen molar-refractivity contribution >= 4 is 38.3 Å². The molecule has 0 unspecified atom stereocenters. The molecule has 1 amide bonds. The first kappa shape index (κ1) is 19.8. The zero-order chi connectivity index (χ0) is 20.1. The fourth-order valence-electron chi connectivity index (χ4n) is 2.24. The molecule has 0 aliphatic carbocycles. The number of carbonyl (C=O) groups excluding carboxylic acids is 1. The number of nitrogens with zero attached hydrogens (tertiary/aromatic N) is 2. The van der Waals surface area contributed by atoms with Crippen LogP contribution in [-0.4, -0.2) is 24.5 Å². The topological polar surface area (TPSA) is 89.0 Å². The molecule has 28 heavy (non-hydrogen) atoms. The first-order chi connectivity index (χ1) is 13.3. The first-order valence-corrected chi connectivity index (χ1v) is 10.7. The fourth-order valence-corrected chi connectivity index (χ4v) is 4.57.